The minimum atomic E-state index is -5.50. The summed E-state index contributed by atoms with van der Waals surface area (Å²) in [5.41, 5.74) is -7.95. The van der Waals surface area contributed by atoms with Gasteiger partial charge in [-0.15, -0.1) is 0 Å². The molecule has 1 heterocycles. The molecule has 2 N–H and O–H groups in total. The summed E-state index contributed by atoms with van der Waals surface area (Å²) in [6.07, 6.45) is -11.4. The van der Waals surface area contributed by atoms with E-state index in [4.69, 9.17) is 0 Å². The standard InChI is InChI=1S/C24H20F6N2O4/c1-13-16-11-14(7-8-15(16)19(33)36-32-13)31-20(34)22(35,24(28,29)30)12-21(9-4-10-21)17-5-2-3-6-18(17)23(25,26)27/h2-3,5-8,11,35H,4,9-10,12H2,1H3,(H,31,34). The zero-order chi connectivity index (χ0) is 26.5. The second-order valence-corrected chi connectivity index (χ2v) is 8.98. The van der Waals surface area contributed by atoms with E-state index in [1.54, 1.807) is 0 Å². The molecule has 1 unspecified atom stereocenters. The van der Waals surface area contributed by atoms with Crippen molar-refractivity contribution in [3.8, 4) is 0 Å². The van der Waals surface area contributed by atoms with Gasteiger partial charge in [0.1, 0.15) is 0 Å². The van der Waals surface area contributed by atoms with Gasteiger partial charge < -0.3 is 14.9 Å². The highest BCUT2D eigenvalue weighted by Gasteiger charge is 2.64. The summed E-state index contributed by atoms with van der Waals surface area (Å²) in [5, 5.41) is 16.6. The molecule has 192 valence electrons. The van der Waals surface area contributed by atoms with Crippen LogP contribution in [0.5, 0.6) is 0 Å². The normalized spacial score (nSPS) is 17.3. The topological polar surface area (TPSA) is 92.4 Å². The third kappa shape index (κ3) is 4.34. The van der Waals surface area contributed by atoms with E-state index >= 15 is 0 Å². The largest absolute Gasteiger partial charge is 0.426 e. The summed E-state index contributed by atoms with van der Waals surface area (Å²) in [5.74, 6) is -1.85. The summed E-state index contributed by atoms with van der Waals surface area (Å²) in [6.45, 7) is 1.47. The minimum Gasteiger partial charge on any atom is -0.373 e. The van der Waals surface area contributed by atoms with Crippen LogP contribution in [0.4, 0.5) is 32.0 Å². The summed E-state index contributed by atoms with van der Waals surface area (Å²) < 4.78 is 88.0. The number of rotatable bonds is 5. The van der Waals surface area contributed by atoms with E-state index < -0.39 is 52.4 Å². The lowest BCUT2D eigenvalue weighted by Crippen LogP contribution is -2.59. The Morgan fingerprint density at radius 2 is 1.75 bits per heavy atom. The maximum absolute atomic E-state index is 14.2. The summed E-state index contributed by atoms with van der Waals surface area (Å²) in [6, 6.07) is 7.81. The van der Waals surface area contributed by atoms with Crippen LogP contribution in [0, 0.1) is 6.92 Å². The molecule has 1 atom stereocenters. The molecule has 0 aliphatic heterocycles. The number of nitrogens with zero attached hydrogens (tertiary/aromatic N) is 1. The van der Waals surface area contributed by atoms with Crippen molar-refractivity contribution in [2.75, 3.05) is 5.32 Å². The second-order valence-electron chi connectivity index (χ2n) is 8.98. The molecule has 6 nitrogen and oxygen atoms in total. The van der Waals surface area contributed by atoms with E-state index in [-0.39, 0.29) is 35.0 Å². The maximum atomic E-state index is 14.2. The Bertz CT molecular complexity index is 1380. The average molecular weight is 514 g/mol. The van der Waals surface area contributed by atoms with Gasteiger partial charge in [0, 0.05) is 17.5 Å². The Balaban J connectivity index is 1.73. The number of aryl methyl sites for hydroxylation is 1. The molecule has 0 spiro atoms. The monoisotopic (exact) mass is 514 g/mol. The van der Waals surface area contributed by atoms with Crippen molar-refractivity contribution in [2.24, 2.45) is 0 Å². The molecule has 0 bridgehead atoms. The molecule has 36 heavy (non-hydrogen) atoms. The lowest BCUT2D eigenvalue weighted by atomic mass is 9.58. The first-order valence-electron chi connectivity index (χ1n) is 10.9. The fourth-order valence-electron chi connectivity index (χ4n) is 4.68. The molecule has 4 rings (SSSR count). The Labute approximate surface area is 199 Å². The molecule has 1 fully saturated rings. The highest BCUT2D eigenvalue weighted by molar-refractivity contribution is 6.00. The number of anilines is 1. The van der Waals surface area contributed by atoms with Crippen LogP contribution in [-0.2, 0) is 16.4 Å². The molecule has 2 aromatic carbocycles. The van der Waals surface area contributed by atoms with E-state index in [0.717, 1.165) is 24.3 Å². The molecular weight excluding hydrogens is 494 g/mol. The minimum absolute atomic E-state index is 0.0671. The zero-order valence-corrected chi connectivity index (χ0v) is 18.8. The summed E-state index contributed by atoms with van der Waals surface area (Å²) in [7, 11) is 0. The number of aromatic nitrogens is 1. The molecule has 1 aliphatic rings. The first kappa shape index (κ1) is 25.7. The van der Waals surface area contributed by atoms with Crippen molar-refractivity contribution >= 4 is 22.4 Å². The fraction of sp³-hybridized carbons (Fsp3) is 0.375. The van der Waals surface area contributed by atoms with Crippen molar-refractivity contribution in [1.29, 1.82) is 0 Å². The number of carbonyl (C=O) groups is 1. The van der Waals surface area contributed by atoms with Crippen molar-refractivity contribution < 1.29 is 40.8 Å². The van der Waals surface area contributed by atoms with E-state index in [1.807, 2.05) is 5.32 Å². The Hall–Kier alpha value is -3.41. The molecule has 12 heteroatoms. The maximum Gasteiger partial charge on any atom is 0.426 e. The second kappa shape index (κ2) is 8.61. The van der Waals surface area contributed by atoms with Gasteiger partial charge >= 0.3 is 18.0 Å². The van der Waals surface area contributed by atoms with Crippen molar-refractivity contribution in [1.82, 2.24) is 5.16 Å². The van der Waals surface area contributed by atoms with Gasteiger partial charge in [0.25, 0.3) is 5.91 Å². The molecular formula is C24H20F6N2O4. The van der Waals surface area contributed by atoms with Crippen LogP contribution in [0.15, 0.2) is 51.8 Å². The number of benzene rings is 2. The van der Waals surface area contributed by atoms with E-state index in [0.29, 0.717) is 6.42 Å². The Morgan fingerprint density at radius 1 is 1.08 bits per heavy atom. The number of nitrogens with one attached hydrogen (secondary N) is 1. The van der Waals surface area contributed by atoms with Crippen LogP contribution >= 0.6 is 0 Å². The van der Waals surface area contributed by atoms with Gasteiger partial charge in [0.15, 0.2) is 0 Å². The first-order valence-corrected chi connectivity index (χ1v) is 10.9. The van der Waals surface area contributed by atoms with Crippen LogP contribution in [0.25, 0.3) is 10.8 Å². The van der Waals surface area contributed by atoms with Gasteiger partial charge in [0.05, 0.1) is 16.6 Å². The number of hydrogen-bond acceptors (Lipinski definition) is 5. The van der Waals surface area contributed by atoms with Crippen molar-refractivity contribution in [3.63, 3.8) is 0 Å². The molecule has 3 aromatic rings. The smallest absolute Gasteiger partial charge is 0.373 e. The number of fused-ring (bicyclic) bond motifs is 1. The van der Waals surface area contributed by atoms with Gasteiger partial charge in [-0.05, 0) is 55.0 Å². The van der Waals surface area contributed by atoms with Crippen LogP contribution in [-0.4, -0.2) is 27.9 Å². The summed E-state index contributed by atoms with van der Waals surface area (Å²) in [4.78, 5) is 24.7. The van der Waals surface area contributed by atoms with Gasteiger partial charge in [-0.3, -0.25) is 4.79 Å². The number of hydrogen-bond donors (Lipinski definition) is 2. The van der Waals surface area contributed by atoms with E-state index in [2.05, 4.69) is 9.68 Å². The number of halogens is 6. The number of aliphatic hydroxyl groups is 1. The summed E-state index contributed by atoms with van der Waals surface area (Å²) >= 11 is 0. The van der Waals surface area contributed by atoms with Gasteiger partial charge in [-0.1, -0.05) is 29.8 Å². The van der Waals surface area contributed by atoms with Crippen LogP contribution in [0.1, 0.15) is 42.5 Å². The third-order valence-electron chi connectivity index (χ3n) is 6.71. The fourth-order valence-corrected chi connectivity index (χ4v) is 4.68. The van der Waals surface area contributed by atoms with Gasteiger partial charge in [0.2, 0.25) is 5.60 Å². The predicted molar refractivity (Wildman–Crippen MR) is 116 cm³/mol. The Kier molecular flexibility index (Phi) is 6.14. The van der Waals surface area contributed by atoms with E-state index in [9.17, 15) is 41.0 Å². The average Bonchev–Trinajstić information content (AvgIpc) is 2.77. The van der Waals surface area contributed by atoms with Crippen LogP contribution < -0.4 is 10.9 Å². The highest BCUT2D eigenvalue weighted by Crippen LogP contribution is 2.54. The predicted octanol–water partition coefficient (Wildman–Crippen LogP) is 5.26. The quantitative estimate of drug-likeness (QED) is 0.454. The SMILES string of the molecule is Cc1noc(=O)c2ccc(NC(=O)C(O)(CC3(c4ccccc4C(F)(F)F)CCC3)C(F)(F)F)cc12. The molecule has 1 aromatic heterocycles. The van der Waals surface area contributed by atoms with E-state index in [1.165, 1.54) is 25.1 Å². The van der Waals surface area contributed by atoms with Gasteiger partial charge in [-0.2, -0.15) is 26.3 Å². The number of carbonyl (C=O) groups excluding carboxylic acids is 1. The first-order chi connectivity index (χ1) is 16.7. The molecule has 0 radical (unpaired) electrons. The van der Waals surface area contributed by atoms with Crippen LogP contribution in [0.2, 0.25) is 0 Å². The third-order valence-corrected chi connectivity index (χ3v) is 6.71. The lowest BCUT2D eigenvalue weighted by Gasteiger charge is -2.47. The Morgan fingerprint density at radius 3 is 2.33 bits per heavy atom. The molecule has 1 aliphatic carbocycles. The zero-order valence-electron chi connectivity index (χ0n) is 18.8. The van der Waals surface area contributed by atoms with Crippen molar-refractivity contribution in [3.05, 3.63) is 69.7 Å². The molecule has 1 amide bonds. The lowest BCUT2D eigenvalue weighted by molar-refractivity contribution is -0.257. The van der Waals surface area contributed by atoms with Gasteiger partial charge in [-0.25, -0.2) is 4.79 Å². The number of alkyl halides is 6. The van der Waals surface area contributed by atoms with Crippen molar-refractivity contribution in [2.45, 2.75) is 56.0 Å². The van der Waals surface area contributed by atoms with Crippen LogP contribution in [0.3, 0.4) is 0 Å². The highest BCUT2D eigenvalue weighted by atomic mass is 19.4. The molecule has 1 saturated carbocycles. The molecule has 0 saturated heterocycles. The number of amides is 1.